The minimum absolute atomic E-state index is 0.0614. The normalized spacial score (nSPS) is 10.6. The number of hydrogen-bond donors (Lipinski definition) is 1. The molecule has 146 valence electrons. The molecule has 0 saturated heterocycles. The van der Waals surface area contributed by atoms with Crippen LogP contribution in [0.4, 0.5) is 0 Å². The summed E-state index contributed by atoms with van der Waals surface area (Å²) >= 11 is 6.25. The molecule has 2 aromatic rings. The third-order valence-electron chi connectivity index (χ3n) is 4.18. The summed E-state index contributed by atoms with van der Waals surface area (Å²) in [7, 11) is 3.10. The highest BCUT2D eigenvalue weighted by Gasteiger charge is 2.13. The zero-order valence-electron chi connectivity index (χ0n) is 16.4. The largest absolute Gasteiger partial charge is 0.493 e. The summed E-state index contributed by atoms with van der Waals surface area (Å²) in [6, 6.07) is 9.45. The van der Waals surface area contributed by atoms with Gasteiger partial charge in [-0.2, -0.15) is 0 Å². The summed E-state index contributed by atoms with van der Waals surface area (Å²) in [5, 5.41) is 3.31. The molecule has 0 heterocycles. The van der Waals surface area contributed by atoms with Crippen molar-refractivity contribution in [3.63, 3.8) is 0 Å². The lowest BCUT2D eigenvalue weighted by Crippen LogP contribution is -2.28. The number of amides is 1. The molecule has 0 radical (unpaired) electrons. The molecule has 0 spiro atoms. The van der Waals surface area contributed by atoms with E-state index in [1.54, 1.807) is 26.4 Å². The van der Waals surface area contributed by atoms with Gasteiger partial charge in [-0.05, 0) is 41.7 Å². The zero-order chi connectivity index (χ0) is 20.0. The number of rotatable bonds is 8. The topological polar surface area (TPSA) is 56.8 Å². The van der Waals surface area contributed by atoms with E-state index in [0.29, 0.717) is 22.4 Å². The number of carbonyl (C=O) groups excluding carboxylic acids is 1. The summed E-state index contributed by atoms with van der Waals surface area (Å²) in [5.41, 5.74) is 2.91. The number of nitrogens with one attached hydrogen (secondary N) is 1. The fourth-order valence-corrected chi connectivity index (χ4v) is 2.88. The molecule has 1 amide bonds. The summed E-state index contributed by atoms with van der Waals surface area (Å²) in [4.78, 5) is 12.2. The predicted octanol–water partition coefficient (Wildman–Crippen LogP) is 4.48. The highest BCUT2D eigenvalue weighted by Crippen LogP contribution is 2.33. The van der Waals surface area contributed by atoms with E-state index in [-0.39, 0.29) is 19.1 Å². The van der Waals surface area contributed by atoms with Gasteiger partial charge in [0.1, 0.15) is 5.75 Å². The molecule has 0 aromatic heterocycles. The molecule has 6 heteroatoms. The van der Waals surface area contributed by atoms with Crippen molar-refractivity contribution in [1.82, 2.24) is 5.32 Å². The maximum absolute atomic E-state index is 12.2. The Morgan fingerprint density at radius 2 is 1.74 bits per heavy atom. The molecular weight excluding hydrogens is 366 g/mol. The van der Waals surface area contributed by atoms with Gasteiger partial charge in [0.25, 0.3) is 5.91 Å². The monoisotopic (exact) mass is 391 g/mol. The lowest BCUT2D eigenvalue weighted by molar-refractivity contribution is -0.123. The van der Waals surface area contributed by atoms with E-state index < -0.39 is 0 Å². The van der Waals surface area contributed by atoms with Gasteiger partial charge in [-0.1, -0.05) is 37.6 Å². The molecule has 2 aromatic carbocycles. The number of aryl methyl sites for hydroxylation is 1. The van der Waals surface area contributed by atoms with Crippen LogP contribution in [0, 0.1) is 6.92 Å². The van der Waals surface area contributed by atoms with E-state index in [1.807, 2.05) is 25.1 Å². The van der Waals surface area contributed by atoms with Crippen LogP contribution < -0.4 is 19.5 Å². The van der Waals surface area contributed by atoms with Crippen molar-refractivity contribution in [3.8, 4) is 17.2 Å². The first-order chi connectivity index (χ1) is 12.8. The Kier molecular flexibility index (Phi) is 7.36. The van der Waals surface area contributed by atoms with Crippen LogP contribution in [0.1, 0.15) is 36.5 Å². The average molecular weight is 392 g/mol. The second-order valence-corrected chi connectivity index (χ2v) is 6.97. The molecular formula is C21H26ClNO4. The first-order valence-corrected chi connectivity index (χ1v) is 9.14. The standard InChI is InChI=1S/C21H26ClNO4/c1-13(2)16-7-6-14(3)8-18(16)27-12-21(24)23-11-15-9-19(25-4)20(26-5)10-17(15)22/h6-10,13H,11-12H2,1-5H3,(H,23,24). The van der Waals surface area contributed by atoms with Crippen molar-refractivity contribution in [3.05, 3.63) is 52.0 Å². The van der Waals surface area contributed by atoms with E-state index in [4.69, 9.17) is 25.8 Å². The molecule has 0 bridgehead atoms. The van der Waals surface area contributed by atoms with Crippen molar-refractivity contribution in [2.75, 3.05) is 20.8 Å². The van der Waals surface area contributed by atoms with Crippen molar-refractivity contribution < 1.29 is 19.0 Å². The first kappa shape index (κ1) is 20.9. The molecule has 0 aliphatic rings. The quantitative estimate of drug-likeness (QED) is 0.720. The van der Waals surface area contributed by atoms with Crippen LogP contribution in [-0.2, 0) is 11.3 Å². The van der Waals surface area contributed by atoms with Gasteiger partial charge >= 0.3 is 0 Å². The van der Waals surface area contributed by atoms with E-state index >= 15 is 0 Å². The number of hydrogen-bond acceptors (Lipinski definition) is 4. The number of ether oxygens (including phenoxy) is 3. The summed E-state index contributed by atoms with van der Waals surface area (Å²) in [6.07, 6.45) is 0. The minimum atomic E-state index is -0.225. The molecule has 0 unspecified atom stereocenters. The molecule has 0 atom stereocenters. The van der Waals surface area contributed by atoms with Gasteiger partial charge in [0.05, 0.1) is 14.2 Å². The lowest BCUT2D eigenvalue weighted by atomic mass is 10.0. The maximum atomic E-state index is 12.2. The Labute approximate surface area is 165 Å². The Balaban J connectivity index is 1.99. The van der Waals surface area contributed by atoms with Crippen LogP contribution in [0.2, 0.25) is 5.02 Å². The van der Waals surface area contributed by atoms with Crippen LogP contribution >= 0.6 is 11.6 Å². The van der Waals surface area contributed by atoms with Crippen molar-refractivity contribution in [2.45, 2.75) is 33.2 Å². The van der Waals surface area contributed by atoms with Gasteiger partial charge in [-0.3, -0.25) is 4.79 Å². The van der Waals surface area contributed by atoms with Gasteiger partial charge in [-0.15, -0.1) is 0 Å². The molecule has 5 nitrogen and oxygen atoms in total. The molecule has 2 rings (SSSR count). The highest BCUT2D eigenvalue weighted by molar-refractivity contribution is 6.31. The second kappa shape index (κ2) is 9.51. The zero-order valence-corrected chi connectivity index (χ0v) is 17.1. The molecule has 27 heavy (non-hydrogen) atoms. The Morgan fingerprint density at radius 3 is 2.37 bits per heavy atom. The molecule has 0 aliphatic heterocycles. The second-order valence-electron chi connectivity index (χ2n) is 6.56. The van der Waals surface area contributed by atoms with E-state index in [0.717, 1.165) is 22.4 Å². The summed E-state index contributed by atoms with van der Waals surface area (Å²) in [6.45, 7) is 6.39. The van der Waals surface area contributed by atoms with E-state index in [1.165, 1.54) is 0 Å². The highest BCUT2D eigenvalue weighted by atomic mass is 35.5. The molecule has 0 fully saturated rings. The third-order valence-corrected chi connectivity index (χ3v) is 4.53. The fraction of sp³-hybridized carbons (Fsp3) is 0.381. The van der Waals surface area contributed by atoms with Gasteiger partial charge in [0.2, 0.25) is 0 Å². The number of methoxy groups -OCH3 is 2. The Hall–Kier alpha value is -2.40. The van der Waals surface area contributed by atoms with E-state index in [9.17, 15) is 4.79 Å². The van der Waals surface area contributed by atoms with Crippen molar-refractivity contribution in [2.24, 2.45) is 0 Å². The van der Waals surface area contributed by atoms with Crippen LogP contribution in [0.3, 0.4) is 0 Å². The van der Waals surface area contributed by atoms with Gasteiger partial charge < -0.3 is 19.5 Å². The Bertz CT molecular complexity index is 805. The van der Waals surface area contributed by atoms with Gasteiger partial charge in [0, 0.05) is 17.6 Å². The SMILES string of the molecule is COc1cc(Cl)c(CNC(=O)COc2cc(C)ccc2C(C)C)cc1OC. The summed E-state index contributed by atoms with van der Waals surface area (Å²) in [5.74, 6) is 1.93. The van der Waals surface area contributed by atoms with Crippen LogP contribution in [0.25, 0.3) is 0 Å². The van der Waals surface area contributed by atoms with Crippen LogP contribution in [-0.4, -0.2) is 26.7 Å². The van der Waals surface area contributed by atoms with E-state index in [2.05, 4.69) is 19.2 Å². The van der Waals surface area contributed by atoms with Crippen LogP contribution in [0.5, 0.6) is 17.2 Å². The fourth-order valence-electron chi connectivity index (χ4n) is 2.66. The third kappa shape index (κ3) is 5.54. The number of halogens is 1. The van der Waals surface area contributed by atoms with Crippen LogP contribution in [0.15, 0.2) is 30.3 Å². The van der Waals surface area contributed by atoms with Gasteiger partial charge in [0.15, 0.2) is 18.1 Å². The molecule has 0 saturated carbocycles. The molecule has 1 N–H and O–H groups in total. The first-order valence-electron chi connectivity index (χ1n) is 8.76. The smallest absolute Gasteiger partial charge is 0.258 e. The van der Waals surface area contributed by atoms with Gasteiger partial charge in [-0.25, -0.2) is 0 Å². The predicted molar refractivity (Wildman–Crippen MR) is 107 cm³/mol. The molecule has 0 aliphatic carbocycles. The number of carbonyl (C=O) groups is 1. The lowest BCUT2D eigenvalue weighted by Gasteiger charge is -2.15. The number of benzene rings is 2. The van der Waals surface area contributed by atoms with Crippen molar-refractivity contribution >= 4 is 17.5 Å². The van der Waals surface area contributed by atoms with Crippen molar-refractivity contribution in [1.29, 1.82) is 0 Å². The minimum Gasteiger partial charge on any atom is -0.493 e. The maximum Gasteiger partial charge on any atom is 0.258 e. The average Bonchev–Trinajstić information content (AvgIpc) is 2.64. The summed E-state index contributed by atoms with van der Waals surface area (Å²) < 4.78 is 16.2. The Morgan fingerprint density at radius 1 is 1.07 bits per heavy atom.